The molecule has 1 nitrogen and oxygen atoms in total. The van der Waals surface area contributed by atoms with Crippen LogP contribution in [-0.2, 0) is 4.74 Å². The molecule has 0 heterocycles. The van der Waals surface area contributed by atoms with Crippen LogP contribution in [0.3, 0.4) is 0 Å². The Morgan fingerprint density at radius 3 is 2.55 bits per heavy atom. The third-order valence-electron chi connectivity index (χ3n) is 1.24. The lowest BCUT2D eigenvalue weighted by Gasteiger charge is -1.99. The van der Waals surface area contributed by atoms with Gasteiger partial charge in [0.1, 0.15) is 0 Å². The molecular formula is C10H16O. The van der Waals surface area contributed by atoms with Gasteiger partial charge in [0.15, 0.2) is 5.76 Å². The number of allylic oxidation sites excluding steroid dienone is 2. The SMILES string of the molecule is CC#C/C(=C/CC(C)C)OC. The third-order valence-corrected chi connectivity index (χ3v) is 1.24. The van der Waals surface area contributed by atoms with E-state index in [0.29, 0.717) is 5.92 Å². The predicted molar refractivity (Wildman–Crippen MR) is 48.0 cm³/mol. The fourth-order valence-corrected chi connectivity index (χ4v) is 0.651. The average Bonchev–Trinajstić information content (AvgIpc) is 1.97. The van der Waals surface area contributed by atoms with Crippen molar-refractivity contribution in [1.82, 2.24) is 0 Å². The van der Waals surface area contributed by atoms with E-state index in [1.807, 2.05) is 13.0 Å². The van der Waals surface area contributed by atoms with Gasteiger partial charge in [-0.3, -0.25) is 0 Å². The fraction of sp³-hybridized carbons (Fsp3) is 0.600. The van der Waals surface area contributed by atoms with Gasteiger partial charge in [0, 0.05) is 0 Å². The number of rotatable bonds is 3. The molecule has 0 amide bonds. The average molecular weight is 152 g/mol. The van der Waals surface area contributed by atoms with E-state index in [9.17, 15) is 0 Å². The first kappa shape index (κ1) is 10.1. The quantitative estimate of drug-likeness (QED) is 0.446. The zero-order valence-electron chi connectivity index (χ0n) is 7.77. The Hall–Kier alpha value is -0.900. The second kappa shape index (κ2) is 5.85. The highest BCUT2D eigenvalue weighted by Crippen LogP contribution is 2.03. The van der Waals surface area contributed by atoms with Crippen molar-refractivity contribution in [1.29, 1.82) is 0 Å². The minimum absolute atomic E-state index is 0.666. The molecule has 0 saturated heterocycles. The monoisotopic (exact) mass is 152 g/mol. The van der Waals surface area contributed by atoms with Crippen molar-refractivity contribution in [3.8, 4) is 11.8 Å². The zero-order chi connectivity index (χ0) is 8.69. The normalized spacial score (nSPS) is 10.8. The minimum Gasteiger partial charge on any atom is -0.489 e. The van der Waals surface area contributed by atoms with Crippen molar-refractivity contribution in [2.75, 3.05) is 7.11 Å². The molecule has 0 spiro atoms. The van der Waals surface area contributed by atoms with E-state index < -0.39 is 0 Å². The summed E-state index contributed by atoms with van der Waals surface area (Å²) in [6.07, 6.45) is 3.05. The minimum atomic E-state index is 0.666. The van der Waals surface area contributed by atoms with Crippen LogP contribution in [-0.4, -0.2) is 7.11 Å². The van der Waals surface area contributed by atoms with Gasteiger partial charge in [-0.25, -0.2) is 0 Å². The standard InChI is InChI=1S/C10H16O/c1-5-6-10(11-4)8-7-9(2)3/h8-9H,7H2,1-4H3/b10-8-. The maximum atomic E-state index is 5.03. The van der Waals surface area contributed by atoms with Crippen LogP contribution >= 0.6 is 0 Å². The lowest BCUT2D eigenvalue weighted by molar-refractivity contribution is 0.308. The molecule has 0 aromatic rings. The second-order valence-corrected chi connectivity index (χ2v) is 2.78. The van der Waals surface area contributed by atoms with Crippen molar-refractivity contribution in [2.45, 2.75) is 27.2 Å². The topological polar surface area (TPSA) is 9.23 Å². The lowest BCUT2D eigenvalue weighted by atomic mass is 10.1. The molecule has 0 atom stereocenters. The predicted octanol–water partition coefficient (Wildman–Crippen LogP) is 2.59. The molecule has 0 bridgehead atoms. The van der Waals surface area contributed by atoms with Crippen LogP contribution in [0.2, 0.25) is 0 Å². The number of hydrogen-bond acceptors (Lipinski definition) is 1. The third kappa shape index (κ3) is 5.54. The van der Waals surface area contributed by atoms with Gasteiger partial charge in [-0.2, -0.15) is 0 Å². The largest absolute Gasteiger partial charge is 0.489 e. The van der Waals surface area contributed by atoms with Crippen molar-refractivity contribution in [3.63, 3.8) is 0 Å². The Kier molecular flexibility index (Phi) is 5.37. The van der Waals surface area contributed by atoms with E-state index in [4.69, 9.17) is 4.74 Å². The van der Waals surface area contributed by atoms with Gasteiger partial charge >= 0.3 is 0 Å². The van der Waals surface area contributed by atoms with Crippen molar-refractivity contribution < 1.29 is 4.74 Å². The summed E-state index contributed by atoms with van der Waals surface area (Å²) in [5.41, 5.74) is 0. The molecular weight excluding hydrogens is 136 g/mol. The van der Waals surface area contributed by atoms with Crippen LogP contribution in [0, 0.1) is 17.8 Å². The molecule has 0 aliphatic heterocycles. The molecule has 0 fully saturated rings. The smallest absolute Gasteiger partial charge is 0.165 e. The molecule has 62 valence electrons. The summed E-state index contributed by atoms with van der Waals surface area (Å²) in [6, 6.07) is 0. The summed E-state index contributed by atoms with van der Waals surface area (Å²) in [6.45, 7) is 6.15. The highest BCUT2D eigenvalue weighted by atomic mass is 16.5. The fourth-order valence-electron chi connectivity index (χ4n) is 0.651. The molecule has 0 aromatic heterocycles. The first-order valence-corrected chi connectivity index (χ1v) is 3.87. The van der Waals surface area contributed by atoms with Crippen LogP contribution in [0.5, 0.6) is 0 Å². The Bertz CT molecular complexity index is 179. The number of hydrogen-bond donors (Lipinski definition) is 0. The zero-order valence-corrected chi connectivity index (χ0v) is 7.77. The molecule has 0 N–H and O–H groups in total. The molecule has 11 heavy (non-hydrogen) atoms. The first-order valence-electron chi connectivity index (χ1n) is 3.87. The van der Waals surface area contributed by atoms with Crippen LogP contribution in [0.25, 0.3) is 0 Å². The maximum Gasteiger partial charge on any atom is 0.165 e. The first-order chi connectivity index (χ1) is 5.20. The van der Waals surface area contributed by atoms with E-state index in [0.717, 1.165) is 12.2 Å². The Morgan fingerprint density at radius 1 is 1.55 bits per heavy atom. The molecule has 0 aliphatic carbocycles. The Labute approximate surface area is 69.4 Å². The van der Waals surface area contributed by atoms with E-state index in [-0.39, 0.29) is 0 Å². The molecule has 0 unspecified atom stereocenters. The highest BCUT2D eigenvalue weighted by Gasteiger charge is 1.92. The van der Waals surface area contributed by atoms with Crippen LogP contribution in [0.15, 0.2) is 11.8 Å². The Morgan fingerprint density at radius 2 is 2.18 bits per heavy atom. The summed E-state index contributed by atoms with van der Waals surface area (Å²) in [5, 5.41) is 0. The van der Waals surface area contributed by atoms with Gasteiger partial charge in [0.2, 0.25) is 0 Å². The van der Waals surface area contributed by atoms with Gasteiger partial charge in [0.25, 0.3) is 0 Å². The summed E-state index contributed by atoms with van der Waals surface area (Å²) in [7, 11) is 1.65. The molecule has 0 aromatic carbocycles. The second-order valence-electron chi connectivity index (χ2n) is 2.78. The van der Waals surface area contributed by atoms with Crippen LogP contribution < -0.4 is 0 Å². The van der Waals surface area contributed by atoms with Crippen LogP contribution in [0.1, 0.15) is 27.2 Å². The number of methoxy groups -OCH3 is 1. The highest BCUT2D eigenvalue weighted by molar-refractivity contribution is 5.21. The van der Waals surface area contributed by atoms with Crippen molar-refractivity contribution in [3.05, 3.63) is 11.8 Å². The molecule has 0 rings (SSSR count). The van der Waals surface area contributed by atoms with Gasteiger partial charge in [-0.15, -0.1) is 0 Å². The molecule has 0 radical (unpaired) electrons. The Balaban J connectivity index is 3.98. The maximum absolute atomic E-state index is 5.03. The van der Waals surface area contributed by atoms with Gasteiger partial charge < -0.3 is 4.74 Å². The van der Waals surface area contributed by atoms with E-state index >= 15 is 0 Å². The van der Waals surface area contributed by atoms with Crippen molar-refractivity contribution >= 4 is 0 Å². The lowest BCUT2D eigenvalue weighted by Crippen LogP contribution is -1.87. The van der Waals surface area contributed by atoms with Gasteiger partial charge in [-0.1, -0.05) is 19.8 Å². The number of ether oxygens (including phenoxy) is 1. The van der Waals surface area contributed by atoms with Crippen molar-refractivity contribution in [2.24, 2.45) is 5.92 Å². The summed E-state index contributed by atoms with van der Waals surface area (Å²) in [4.78, 5) is 0. The van der Waals surface area contributed by atoms with E-state index in [2.05, 4.69) is 25.7 Å². The van der Waals surface area contributed by atoms with E-state index in [1.54, 1.807) is 7.11 Å². The summed E-state index contributed by atoms with van der Waals surface area (Å²) in [5.74, 6) is 7.12. The molecule has 0 saturated carbocycles. The van der Waals surface area contributed by atoms with Crippen LogP contribution in [0.4, 0.5) is 0 Å². The summed E-state index contributed by atoms with van der Waals surface area (Å²) >= 11 is 0. The molecule has 1 heteroatoms. The molecule has 0 aliphatic rings. The van der Waals surface area contributed by atoms with Gasteiger partial charge in [-0.05, 0) is 31.3 Å². The van der Waals surface area contributed by atoms with Gasteiger partial charge in [0.05, 0.1) is 7.11 Å². The van der Waals surface area contributed by atoms with E-state index in [1.165, 1.54) is 0 Å². The summed E-state index contributed by atoms with van der Waals surface area (Å²) < 4.78 is 5.03.